The van der Waals surface area contributed by atoms with Gasteiger partial charge in [0.25, 0.3) is 0 Å². The molecule has 0 aliphatic rings. The topological polar surface area (TPSA) is 29.5 Å². The lowest BCUT2D eigenvalue weighted by atomic mass is 10.1. The van der Waals surface area contributed by atoms with Gasteiger partial charge in [0.1, 0.15) is 11.5 Å². The molecule has 0 unspecified atom stereocenters. The third-order valence-corrected chi connectivity index (χ3v) is 2.60. The van der Waals surface area contributed by atoms with Crippen molar-refractivity contribution in [3.05, 3.63) is 23.3 Å². The van der Waals surface area contributed by atoms with Gasteiger partial charge in [-0.15, -0.1) is 0 Å². The van der Waals surface area contributed by atoms with E-state index in [0.717, 1.165) is 36.3 Å². The fourth-order valence-corrected chi connectivity index (χ4v) is 1.60. The number of aryl methyl sites for hydroxylation is 2. The van der Waals surface area contributed by atoms with Crippen LogP contribution in [0.1, 0.15) is 38.8 Å². The summed E-state index contributed by atoms with van der Waals surface area (Å²) in [5.74, 6) is 1.82. The Hall–Kier alpha value is -1.18. The summed E-state index contributed by atoms with van der Waals surface area (Å²) >= 11 is 0. The van der Waals surface area contributed by atoms with Crippen molar-refractivity contribution in [2.75, 3.05) is 6.61 Å². The second kappa shape index (κ2) is 5.78. The molecular formula is C14H22O2. The van der Waals surface area contributed by atoms with Crippen LogP contribution in [0.2, 0.25) is 0 Å². The highest BCUT2D eigenvalue weighted by atomic mass is 16.5. The second-order valence-electron chi connectivity index (χ2n) is 4.50. The van der Waals surface area contributed by atoms with Crippen LogP contribution in [0, 0.1) is 5.92 Å². The van der Waals surface area contributed by atoms with Gasteiger partial charge in [0.2, 0.25) is 0 Å². The predicted octanol–water partition coefficient (Wildman–Crippen LogP) is 3.55. The van der Waals surface area contributed by atoms with Crippen molar-refractivity contribution in [1.82, 2.24) is 0 Å². The Morgan fingerprint density at radius 3 is 2.25 bits per heavy atom. The molecule has 0 aliphatic carbocycles. The fourth-order valence-electron chi connectivity index (χ4n) is 1.60. The zero-order valence-corrected chi connectivity index (χ0v) is 10.7. The van der Waals surface area contributed by atoms with Crippen LogP contribution in [0.25, 0.3) is 0 Å². The highest BCUT2D eigenvalue weighted by molar-refractivity contribution is 5.45. The third-order valence-electron chi connectivity index (χ3n) is 2.60. The molecule has 0 heterocycles. The van der Waals surface area contributed by atoms with E-state index in [1.54, 1.807) is 0 Å². The standard InChI is InChI=1S/C14H22O2/c1-5-11-8-14(16-9-10(3)4)12(6-2)7-13(11)15/h7-8,10,15H,5-6,9H2,1-4H3. The molecule has 0 atom stereocenters. The Morgan fingerprint density at radius 1 is 1.12 bits per heavy atom. The van der Waals surface area contributed by atoms with Crippen LogP contribution >= 0.6 is 0 Å². The van der Waals surface area contributed by atoms with Gasteiger partial charge >= 0.3 is 0 Å². The zero-order valence-electron chi connectivity index (χ0n) is 10.7. The van der Waals surface area contributed by atoms with E-state index >= 15 is 0 Å². The van der Waals surface area contributed by atoms with Crippen molar-refractivity contribution >= 4 is 0 Å². The molecule has 16 heavy (non-hydrogen) atoms. The monoisotopic (exact) mass is 222 g/mol. The van der Waals surface area contributed by atoms with Crippen LogP contribution in [0.3, 0.4) is 0 Å². The van der Waals surface area contributed by atoms with Crippen molar-refractivity contribution in [2.24, 2.45) is 5.92 Å². The number of rotatable bonds is 5. The number of hydrogen-bond acceptors (Lipinski definition) is 2. The van der Waals surface area contributed by atoms with E-state index in [9.17, 15) is 5.11 Å². The molecule has 1 N–H and O–H groups in total. The number of phenols is 1. The number of ether oxygens (including phenoxy) is 1. The van der Waals surface area contributed by atoms with Gasteiger partial charge in [-0.2, -0.15) is 0 Å². The molecule has 1 rings (SSSR count). The first-order valence-corrected chi connectivity index (χ1v) is 6.06. The van der Waals surface area contributed by atoms with E-state index < -0.39 is 0 Å². The van der Waals surface area contributed by atoms with Crippen LogP contribution in [-0.2, 0) is 12.8 Å². The first-order chi connectivity index (χ1) is 7.58. The van der Waals surface area contributed by atoms with Gasteiger partial charge in [-0.1, -0.05) is 27.7 Å². The normalized spacial score (nSPS) is 10.8. The molecule has 0 radical (unpaired) electrons. The summed E-state index contributed by atoms with van der Waals surface area (Å²) in [6, 6.07) is 3.80. The molecule has 0 aromatic heterocycles. The summed E-state index contributed by atoms with van der Waals surface area (Å²) in [6.07, 6.45) is 1.71. The summed E-state index contributed by atoms with van der Waals surface area (Å²) in [4.78, 5) is 0. The molecule has 0 saturated carbocycles. The van der Waals surface area contributed by atoms with Gasteiger partial charge in [0, 0.05) is 0 Å². The van der Waals surface area contributed by atoms with Gasteiger partial charge in [-0.25, -0.2) is 0 Å². The number of aromatic hydroxyl groups is 1. The summed E-state index contributed by atoms with van der Waals surface area (Å²) in [6.45, 7) is 9.09. The molecule has 2 heteroatoms. The van der Waals surface area contributed by atoms with Crippen molar-refractivity contribution in [1.29, 1.82) is 0 Å². The zero-order chi connectivity index (χ0) is 12.1. The van der Waals surface area contributed by atoms with E-state index in [4.69, 9.17) is 4.74 Å². The molecular weight excluding hydrogens is 200 g/mol. The molecule has 90 valence electrons. The lowest BCUT2D eigenvalue weighted by molar-refractivity contribution is 0.268. The van der Waals surface area contributed by atoms with E-state index in [-0.39, 0.29) is 0 Å². The Bertz CT molecular complexity index is 343. The average Bonchev–Trinajstić information content (AvgIpc) is 2.26. The molecule has 1 aromatic rings. The minimum atomic E-state index is 0.385. The summed E-state index contributed by atoms with van der Waals surface area (Å²) in [5.41, 5.74) is 2.03. The molecule has 0 saturated heterocycles. The van der Waals surface area contributed by atoms with E-state index in [2.05, 4.69) is 20.8 Å². The van der Waals surface area contributed by atoms with Crippen LogP contribution in [0.4, 0.5) is 0 Å². The van der Waals surface area contributed by atoms with E-state index in [1.165, 1.54) is 0 Å². The molecule has 0 spiro atoms. The molecule has 0 bridgehead atoms. The number of benzene rings is 1. The summed E-state index contributed by atoms with van der Waals surface area (Å²) in [5, 5.41) is 9.77. The number of phenolic OH excluding ortho intramolecular Hbond substituents is 1. The van der Waals surface area contributed by atoms with Gasteiger partial charge in [0.05, 0.1) is 6.61 Å². The second-order valence-corrected chi connectivity index (χ2v) is 4.50. The third kappa shape index (κ3) is 3.16. The lowest BCUT2D eigenvalue weighted by Gasteiger charge is -2.14. The molecule has 2 nitrogen and oxygen atoms in total. The smallest absolute Gasteiger partial charge is 0.123 e. The van der Waals surface area contributed by atoms with Gasteiger partial charge < -0.3 is 9.84 Å². The maximum atomic E-state index is 9.77. The highest BCUT2D eigenvalue weighted by Crippen LogP contribution is 2.29. The first-order valence-electron chi connectivity index (χ1n) is 6.06. The largest absolute Gasteiger partial charge is 0.508 e. The Labute approximate surface area is 98.3 Å². The van der Waals surface area contributed by atoms with E-state index in [1.807, 2.05) is 19.1 Å². The van der Waals surface area contributed by atoms with Crippen LogP contribution in [-0.4, -0.2) is 11.7 Å². The van der Waals surface area contributed by atoms with Gasteiger partial charge in [-0.3, -0.25) is 0 Å². The SMILES string of the molecule is CCc1cc(OCC(C)C)c(CC)cc1O. The minimum absolute atomic E-state index is 0.385. The van der Waals surface area contributed by atoms with Crippen molar-refractivity contribution in [3.63, 3.8) is 0 Å². The Morgan fingerprint density at radius 2 is 1.75 bits per heavy atom. The lowest BCUT2D eigenvalue weighted by Crippen LogP contribution is -2.06. The fraction of sp³-hybridized carbons (Fsp3) is 0.571. The van der Waals surface area contributed by atoms with Gasteiger partial charge in [0.15, 0.2) is 0 Å². The number of hydrogen-bond donors (Lipinski definition) is 1. The summed E-state index contributed by atoms with van der Waals surface area (Å²) in [7, 11) is 0. The van der Waals surface area contributed by atoms with Crippen LogP contribution in [0.15, 0.2) is 12.1 Å². The summed E-state index contributed by atoms with van der Waals surface area (Å²) < 4.78 is 5.78. The van der Waals surface area contributed by atoms with Crippen molar-refractivity contribution in [2.45, 2.75) is 40.5 Å². The Kier molecular flexibility index (Phi) is 4.66. The van der Waals surface area contributed by atoms with Gasteiger partial charge in [-0.05, 0) is 42.0 Å². The maximum absolute atomic E-state index is 9.77. The Balaban J connectivity index is 2.95. The molecule has 0 aliphatic heterocycles. The predicted molar refractivity (Wildman–Crippen MR) is 67.2 cm³/mol. The average molecular weight is 222 g/mol. The first kappa shape index (κ1) is 12.9. The van der Waals surface area contributed by atoms with Crippen molar-refractivity contribution < 1.29 is 9.84 Å². The highest BCUT2D eigenvalue weighted by Gasteiger charge is 2.08. The quantitative estimate of drug-likeness (QED) is 0.825. The van der Waals surface area contributed by atoms with Crippen LogP contribution in [0.5, 0.6) is 11.5 Å². The van der Waals surface area contributed by atoms with Crippen LogP contribution < -0.4 is 4.74 Å². The molecule has 0 fully saturated rings. The minimum Gasteiger partial charge on any atom is -0.508 e. The molecule has 0 amide bonds. The maximum Gasteiger partial charge on any atom is 0.123 e. The van der Waals surface area contributed by atoms with E-state index in [0.29, 0.717) is 11.7 Å². The molecule has 1 aromatic carbocycles. The van der Waals surface area contributed by atoms with Crippen molar-refractivity contribution in [3.8, 4) is 11.5 Å².